The highest BCUT2D eigenvalue weighted by atomic mass is 32.3. The highest BCUT2D eigenvalue weighted by Gasteiger charge is 2.63. The Balaban J connectivity index is 6.24. The van der Waals surface area contributed by atoms with Crippen LogP contribution in [0.2, 0.25) is 0 Å². The van der Waals surface area contributed by atoms with Crippen molar-refractivity contribution in [3.8, 4) is 0 Å². The van der Waals surface area contributed by atoms with Gasteiger partial charge >= 0.3 is 11.0 Å². The molecule has 0 aliphatic rings. The molecule has 0 aromatic rings. The van der Waals surface area contributed by atoms with Crippen molar-refractivity contribution in [3.05, 3.63) is 0 Å². The van der Waals surface area contributed by atoms with E-state index in [1.54, 1.807) is 5.32 Å². The van der Waals surface area contributed by atoms with E-state index in [0.29, 0.717) is 0 Å². The maximum atomic E-state index is 12.6. The normalized spacial score (nSPS) is 14.5. The Morgan fingerprint density at radius 3 is 1.58 bits per heavy atom. The molecule has 0 spiro atoms. The highest BCUT2D eigenvalue weighted by Crippen LogP contribution is 2.39. The molecule has 1 amide bonds. The molecule has 0 rings (SSSR count). The summed E-state index contributed by atoms with van der Waals surface area (Å²) >= 11 is 0. The van der Waals surface area contributed by atoms with E-state index in [1.807, 2.05) is 0 Å². The van der Waals surface area contributed by atoms with Gasteiger partial charge in [0.15, 0.2) is 4.58 Å². The third-order valence-corrected chi connectivity index (χ3v) is 7.14. The number of amides is 1. The molecule has 0 radical (unpaired) electrons. The minimum Gasteiger partial charge on any atom is -0.346 e. The average Bonchev–Trinajstić information content (AvgIpc) is 2.32. The standard InChI is InChI=1S/C9H12F6N2O5S2/c1-7(2,17-5(18)4-16)3-6(23(19,20)8(10,11)12)24(21,22)9(13,14)15/h4,6,16H,3H2,1-2H3,(H,17,18). The van der Waals surface area contributed by atoms with Crippen LogP contribution in [0.5, 0.6) is 0 Å². The fourth-order valence-electron chi connectivity index (χ4n) is 1.52. The second kappa shape index (κ2) is 6.50. The number of carbonyl (C=O) groups excluding carboxylic acids is 1. The number of carbonyl (C=O) groups is 1. The van der Waals surface area contributed by atoms with Crippen molar-refractivity contribution < 1.29 is 48.0 Å². The minimum absolute atomic E-state index is 0.118. The van der Waals surface area contributed by atoms with Gasteiger partial charge in [0.1, 0.15) is 0 Å². The fourth-order valence-corrected chi connectivity index (χ4v) is 5.38. The number of hydrogen-bond acceptors (Lipinski definition) is 6. The molecule has 2 N–H and O–H groups in total. The molecule has 0 fully saturated rings. The van der Waals surface area contributed by atoms with Gasteiger partial charge in [0.25, 0.3) is 25.6 Å². The smallest absolute Gasteiger partial charge is 0.346 e. The molecule has 7 nitrogen and oxygen atoms in total. The average molecular weight is 406 g/mol. The summed E-state index contributed by atoms with van der Waals surface area (Å²) < 4.78 is 117. The zero-order chi connectivity index (χ0) is 19.8. The first-order valence-corrected chi connectivity index (χ1v) is 8.82. The maximum Gasteiger partial charge on any atom is 0.498 e. The third-order valence-electron chi connectivity index (χ3n) is 2.61. The Morgan fingerprint density at radius 2 is 1.33 bits per heavy atom. The summed E-state index contributed by atoms with van der Waals surface area (Å²) in [6.07, 6.45) is -1.62. The summed E-state index contributed by atoms with van der Waals surface area (Å²) in [5.41, 5.74) is -14.6. The largest absolute Gasteiger partial charge is 0.498 e. The van der Waals surface area contributed by atoms with Gasteiger partial charge in [0.05, 0.1) is 6.21 Å². The van der Waals surface area contributed by atoms with Crippen molar-refractivity contribution in [2.45, 2.75) is 41.4 Å². The summed E-state index contributed by atoms with van der Waals surface area (Å²) in [6.45, 7) is 1.61. The van der Waals surface area contributed by atoms with E-state index in [9.17, 15) is 48.0 Å². The van der Waals surface area contributed by atoms with Gasteiger partial charge in [-0.05, 0) is 13.8 Å². The van der Waals surface area contributed by atoms with Crippen LogP contribution in [0.25, 0.3) is 0 Å². The van der Waals surface area contributed by atoms with Crippen molar-refractivity contribution in [2.24, 2.45) is 0 Å². The lowest BCUT2D eigenvalue weighted by Crippen LogP contribution is -2.52. The van der Waals surface area contributed by atoms with E-state index in [0.717, 1.165) is 13.8 Å². The summed E-state index contributed by atoms with van der Waals surface area (Å²) in [6, 6.07) is 0. The Hall–Kier alpha value is -1.38. The summed E-state index contributed by atoms with van der Waals surface area (Å²) in [5, 5.41) is 8.32. The molecule has 15 heteroatoms. The van der Waals surface area contributed by atoms with Crippen LogP contribution >= 0.6 is 0 Å². The van der Waals surface area contributed by atoms with E-state index in [-0.39, 0.29) is 6.21 Å². The van der Waals surface area contributed by atoms with Crippen LogP contribution in [0.3, 0.4) is 0 Å². The zero-order valence-electron chi connectivity index (χ0n) is 12.0. The van der Waals surface area contributed by atoms with Gasteiger partial charge in [-0.15, -0.1) is 0 Å². The predicted octanol–water partition coefficient (Wildman–Crippen LogP) is 1.12. The Kier molecular flexibility index (Phi) is 6.12. The molecule has 0 heterocycles. The molecule has 0 aliphatic carbocycles. The van der Waals surface area contributed by atoms with E-state index in [4.69, 9.17) is 5.41 Å². The van der Waals surface area contributed by atoms with Gasteiger partial charge in [0, 0.05) is 12.0 Å². The van der Waals surface area contributed by atoms with Gasteiger partial charge < -0.3 is 10.7 Å². The first kappa shape index (κ1) is 22.6. The van der Waals surface area contributed by atoms with Gasteiger partial charge in [-0.2, -0.15) is 26.3 Å². The summed E-state index contributed by atoms with van der Waals surface area (Å²) in [5.74, 6) is -1.27. The lowest BCUT2D eigenvalue weighted by atomic mass is 10.0. The quantitative estimate of drug-likeness (QED) is 0.506. The van der Waals surface area contributed by atoms with Gasteiger partial charge in [-0.1, -0.05) is 0 Å². The van der Waals surface area contributed by atoms with Gasteiger partial charge in [-0.3, -0.25) is 4.79 Å². The first-order chi connectivity index (χ1) is 10.3. The fraction of sp³-hybridized carbons (Fsp3) is 0.778. The number of sulfone groups is 2. The Labute approximate surface area is 132 Å². The van der Waals surface area contributed by atoms with Crippen molar-refractivity contribution in [1.29, 1.82) is 5.41 Å². The molecule has 0 saturated carbocycles. The van der Waals surface area contributed by atoms with E-state index < -0.39 is 53.1 Å². The Morgan fingerprint density at radius 1 is 1.00 bits per heavy atom. The van der Waals surface area contributed by atoms with E-state index in [2.05, 4.69) is 0 Å². The lowest BCUT2D eigenvalue weighted by Gasteiger charge is -2.30. The Bertz CT molecular complexity index is 664. The SMILES string of the molecule is CC(C)(CC(S(=O)(=O)C(F)(F)F)S(=O)(=O)C(F)(F)F)NC(=O)C=N. The monoisotopic (exact) mass is 406 g/mol. The van der Waals surface area contributed by atoms with Gasteiger partial charge in [-0.25, -0.2) is 16.8 Å². The summed E-state index contributed by atoms with van der Waals surface area (Å²) in [4.78, 5) is 11.0. The number of nitrogens with one attached hydrogen (secondary N) is 2. The third kappa shape index (κ3) is 4.81. The van der Waals surface area contributed by atoms with Crippen LogP contribution in [0, 0.1) is 5.41 Å². The number of halogens is 6. The molecule has 0 atom stereocenters. The van der Waals surface area contributed by atoms with Crippen molar-refractivity contribution in [1.82, 2.24) is 5.32 Å². The molecule has 0 aliphatic heterocycles. The minimum atomic E-state index is -6.77. The molecule has 0 saturated heterocycles. The molecule has 0 aromatic heterocycles. The van der Waals surface area contributed by atoms with Crippen molar-refractivity contribution >= 4 is 31.8 Å². The highest BCUT2D eigenvalue weighted by molar-refractivity contribution is 8.09. The van der Waals surface area contributed by atoms with Crippen LogP contribution < -0.4 is 5.32 Å². The van der Waals surface area contributed by atoms with Crippen LogP contribution in [0.1, 0.15) is 20.3 Å². The molecular weight excluding hydrogens is 394 g/mol. The molecule has 0 unspecified atom stereocenters. The van der Waals surface area contributed by atoms with Crippen LogP contribution in [0.4, 0.5) is 26.3 Å². The molecule has 0 aromatic carbocycles. The van der Waals surface area contributed by atoms with E-state index in [1.165, 1.54) is 0 Å². The van der Waals surface area contributed by atoms with Crippen molar-refractivity contribution in [3.63, 3.8) is 0 Å². The molecule has 24 heavy (non-hydrogen) atoms. The van der Waals surface area contributed by atoms with Crippen molar-refractivity contribution in [2.75, 3.05) is 0 Å². The van der Waals surface area contributed by atoms with Crippen LogP contribution in [0.15, 0.2) is 0 Å². The molecule has 0 bridgehead atoms. The second-order valence-electron chi connectivity index (χ2n) is 5.13. The predicted molar refractivity (Wildman–Crippen MR) is 69.4 cm³/mol. The topological polar surface area (TPSA) is 121 Å². The van der Waals surface area contributed by atoms with Gasteiger partial charge in [0.2, 0.25) is 0 Å². The molecule has 142 valence electrons. The van der Waals surface area contributed by atoms with Crippen LogP contribution in [-0.4, -0.2) is 50.1 Å². The molecular formula is C9H12F6N2O5S2. The lowest BCUT2D eigenvalue weighted by molar-refractivity contribution is -0.115. The van der Waals surface area contributed by atoms with E-state index >= 15 is 0 Å². The van der Waals surface area contributed by atoms with Crippen LogP contribution in [-0.2, 0) is 24.5 Å². The number of hydrogen-bond donors (Lipinski definition) is 2. The number of alkyl halides is 6. The first-order valence-electron chi connectivity index (χ1n) is 5.72. The number of rotatable bonds is 6. The summed E-state index contributed by atoms with van der Waals surface area (Å²) in [7, 11) is -13.5. The second-order valence-corrected chi connectivity index (χ2v) is 9.67. The maximum absolute atomic E-state index is 12.6. The zero-order valence-corrected chi connectivity index (χ0v) is 13.6.